The molecule has 168 valence electrons. The topological polar surface area (TPSA) is 111 Å². The predicted octanol–water partition coefficient (Wildman–Crippen LogP) is 6.17. The summed E-state index contributed by atoms with van der Waals surface area (Å²) in [5, 5.41) is 19.5. The Hall–Kier alpha value is -4.32. The molecule has 0 radical (unpaired) electrons. The number of hydrogen-bond acceptors (Lipinski definition) is 6. The Morgan fingerprint density at radius 1 is 0.545 bits per heavy atom. The summed E-state index contributed by atoms with van der Waals surface area (Å²) in [6.07, 6.45) is 0. The number of phenolic OH excluding ortho intramolecular Hbond substituents is 2. The molecule has 6 N–H and O–H groups in total. The van der Waals surface area contributed by atoms with Crippen molar-refractivity contribution < 1.29 is 19.7 Å². The van der Waals surface area contributed by atoms with Crippen molar-refractivity contribution in [3.8, 4) is 34.5 Å². The van der Waals surface area contributed by atoms with Gasteiger partial charge in [0.2, 0.25) is 0 Å². The van der Waals surface area contributed by atoms with Gasteiger partial charge in [0.15, 0.2) is 0 Å². The quantitative estimate of drug-likeness (QED) is 0.210. The van der Waals surface area contributed by atoms with Crippen LogP contribution < -0.4 is 20.9 Å². The van der Waals surface area contributed by atoms with Crippen LogP contribution in [0.4, 0.5) is 11.4 Å². The Morgan fingerprint density at radius 2 is 0.879 bits per heavy atom. The normalized spacial score (nSPS) is 11.2. The number of aromatic hydroxyl groups is 2. The van der Waals surface area contributed by atoms with Gasteiger partial charge in [-0.25, -0.2) is 0 Å². The van der Waals surface area contributed by atoms with E-state index in [1.54, 1.807) is 24.3 Å². The molecule has 4 rings (SSSR count). The van der Waals surface area contributed by atoms with Crippen molar-refractivity contribution in [3.63, 3.8) is 0 Å². The lowest BCUT2D eigenvalue weighted by molar-refractivity contribution is 0.456. The third kappa shape index (κ3) is 4.80. The van der Waals surface area contributed by atoms with Crippen molar-refractivity contribution in [3.05, 3.63) is 96.1 Å². The second kappa shape index (κ2) is 8.67. The first-order valence-corrected chi connectivity index (χ1v) is 10.5. The Labute approximate surface area is 192 Å². The highest BCUT2D eigenvalue weighted by molar-refractivity contribution is 5.56. The zero-order valence-electron chi connectivity index (χ0n) is 18.4. The Kier molecular flexibility index (Phi) is 5.75. The van der Waals surface area contributed by atoms with E-state index in [0.29, 0.717) is 34.4 Å². The van der Waals surface area contributed by atoms with Crippen LogP contribution in [0.15, 0.2) is 84.9 Å². The van der Waals surface area contributed by atoms with Crippen LogP contribution in [0, 0.1) is 0 Å². The average molecular weight is 443 g/mol. The van der Waals surface area contributed by atoms with Gasteiger partial charge < -0.3 is 31.2 Å². The van der Waals surface area contributed by atoms with E-state index in [1.807, 2.05) is 48.5 Å². The summed E-state index contributed by atoms with van der Waals surface area (Å²) >= 11 is 0. The average Bonchev–Trinajstić information content (AvgIpc) is 2.80. The maximum atomic E-state index is 9.75. The summed E-state index contributed by atoms with van der Waals surface area (Å²) in [6.45, 7) is 4.30. The van der Waals surface area contributed by atoms with Gasteiger partial charge in [-0.2, -0.15) is 0 Å². The molecule has 0 heterocycles. The van der Waals surface area contributed by atoms with Gasteiger partial charge in [0.25, 0.3) is 0 Å². The first-order chi connectivity index (χ1) is 15.7. The first-order valence-electron chi connectivity index (χ1n) is 10.5. The number of ether oxygens (including phenoxy) is 2. The van der Waals surface area contributed by atoms with Crippen molar-refractivity contribution in [1.29, 1.82) is 0 Å². The van der Waals surface area contributed by atoms with E-state index in [2.05, 4.69) is 13.8 Å². The number of nitrogen functional groups attached to an aromatic ring is 2. The molecule has 0 bridgehead atoms. The van der Waals surface area contributed by atoms with Gasteiger partial charge in [-0.05, 0) is 59.7 Å². The lowest BCUT2D eigenvalue weighted by Crippen LogP contribution is -2.18. The summed E-state index contributed by atoms with van der Waals surface area (Å²) in [5.74, 6) is 2.33. The molecule has 0 aromatic heterocycles. The minimum absolute atomic E-state index is 0.00845. The van der Waals surface area contributed by atoms with Crippen LogP contribution >= 0.6 is 0 Å². The molecule has 0 amide bonds. The molecule has 0 unspecified atom stereocenters. The van der Waals surface area contributed by atoms with E-state index >= 15 is 0 Å². The molecule has 0 saturated heterocycles. The Morgan fingerprint density at radius 3 is 1.21 bits per heavy atom. The molecule has 4 aromatic rings. The first kappa shape index (κ1) is 21.9. The molecule has 4 aromatic carbocycles. The van der Waals surface area contributed by atoms with Crippen molar-refractivity contribution in [2.45, 2.75) is 19.3 Å². The van der Waals surface area contributed by atoms with E-state index in [9.17, 15) is 10.2 Å². The Bertz CT molecular complexity index is 1170. The molecule has 0 saturated carbocycles. The van der Waals surface area contributed by atoms with Gasteiger partial charge >= 0.3 is 0 Å². The maximum absolute atomic E-state index is 9.75. The van der Waals surface area contributed by atoms with Crippen molar-refractivity contribution in [2.24, 2.45) is 0 Å². The molecular formula is C27H26N2O4. The minimum atomic E-state index is -0.254. The lowest BCUT2D eigenvalue weighted by Gasteiger charge is -2.26. The lowest BCUT2D eigenvalue weighted by atomic mass is 9.78. The third-order valence-electron chi connectivity index (χ3n) is 5.63. The van der Waals surface area contributed by atoms with E-state index in [1.165, 1.54) is 12.1 Å². The van der Waals surface area contributed by atoms with Crippen LogP contribution in [-0.2, 0) is 5.41 Å². The minimum Gasteiger partial charge on any atom is -0.506 e. The highest BCUT2D eigenvalue weighted by atomic mass is 16.5. The van der Waals surface area contributed by atoms with Gasteiger partial charge in [-0.15, -0.1) is 0 Å². The number of benzene rings is 4. The van der Waals surface area contributed by atoms with Crippen LogP contribution in [0.5, 0.6) is 34.5 Å². The van der Waals surface area contributed by atoms with Crippen LogP contribution in [0.3, 0.4) is 0 Å². The van der Waals surface area contributed by atoms with Crippen molar-refractivity contribution >= 4 is 11.4 Å². The van der Waals surface area contributed by atoms with Gasteiger partial charge in [-0.3, -0.25) is 0 Å². The molecule has 6 heteroatoms. The molecule has 0 atom stereocenters. The molecule has 33 heavy (non-hydrogen) atoms. The van der Waals surface area contributed by atoms with Gasteiger partial charge in [-0.1, -0.05) is 38.1 Å². The van der Waals surface area contributed by atoms with Crippen molar-refractivity contribution in [1.82, 2.24) is 0 Å². The smallest absolute Gasteiger partial charge is 0.142 e. The maximum Gasteiger partial charge on any atom is 0.142 e. The molecule has 6 nitrogen and oxygen atoms in total. The zero-order valence-corrected chi connectivity index (χ0v) is 18.4. The fourth-order valence-corrected chi connectivity index (χ4v) is 3.49. The highest BCUT2D eigenvalue weighted by Gasteiger charge is 2.23. The molecule has 0 spiro atoms. The van der Waals surface area contributed by atoms with E-state index in [-0.39, 0.29) is 16.9 Å². The number of hydrogen-bond donors (Lipinski definition) is 4. The Balaban J connectivity index is 1.47. The number of anilines is 2. The van der Waals surface area contributed by atoms with Crippen LogP contribution in [0.1, 0.15) is 25.0 Å². The summed E-state index contributed by atoms with van der Waals surface area (Å²) in [6, 6.07) is 25.3. The fraction of sp³-hybridized carbons (Fsp3) is 0.111. The molecular weight excluding hydrogens is 416 g/mol. The summed E-state index contributed by atoms with van der Waals surface area (Å²) < 4.78 is 11.6. The van der Waals surface area contributed by atoms with E-state index in [0.717, 1.165) is 11.1 Å². The number of phenols is 2. The largest absolute Gasteiger partial charge is 0.506 e. The monoisotopic (exact) mass is 442 g/mol. The van der Waals surface area contributed by atoms with Gasteiger partial charge in [0, 0.05) is 17.5 Å². The third-order valence-corrected chi connectivity index (χ3v) is 5.63. The predicted molar refractivity (Wildman–Crippen MR) is 130 cm³/mol. The van der Waals surface area contributed by atoms with Crippen molar-refractivity contribution in [2.75, 3.05) is 11.5 Å². The molecule has 0 aliphatic rings. The fourth-order valence-electron chi connectivity index (χ4n) is 3.49. The van der Waals surface area contributed by atoms with E-state index in [4.69, 9.17) is 20.9 Å². The number of nitrogens with two attached hydrogens (primary N) is 2. The summed E-state index contributed by atoms with van der Waals surface area (Å²) in [7, 11) is 0. The van der Waals surface area contributed by atoms with Crippen LogP contribution in [0.2, 0.25) is 0 Å². The second-order valence-electron chi connectivity index (χ2n) is 8.32. The van der Waals surface area contributed by atoms with Gasteiger partial charge in [0.05, 0.1) is 11.4 Å². The summed E-state index contributed by atoms with van der Waals surface area (Å²) in [4.78, 5) is 0. The van der Waals surface area contributed by atoms with Crippen LogP contribution in [0.25, 0.3) is 0 Å². The zero-order chi connectivity index (χ0) is 23.6. The van der Waals surface area contributed by atoms with Crippen LogP contribution in [-0.4, -0.2) is 10.2 Å². The summed E-state index contributed by atoms with van der Waals surface area (Å²) in [5.41, 5.74) is 13.9. The molecule has 0 fully saturated rings. The highest BCUT2D eigenvalue weighted by Crippen LogP contribution is 2.36. The SMILES string of the molecule is CC(C)(c1ccc(Oc2ccc(N)c(O)c2)cc1)c1ccc(Oc2ccc(N)c(O)c2)cc1. The van der Waals surface area contributed by atoms with Gasteiger partial charge in [0.1, 0.15) is 34.5 Å². The molecule has 0 aliphatic heterocycles. The van der Waals surface area contributed by atoms with E-state index < -0.39 is 0 Å². The standard InChI is InChI=1S/C27H26N2O4/c1-27(2,17-3-7-19(8-4-17)32-21-11-13-23(28)25(30)15-21)18-5-9-20(10-6-18)33-22-12-14-24(29)26(31)16-22/h3-16,30-31H,28-29H2,1-2H3. The second-order valence-corrected chi connectivity index (χ2v) is 8.32. The molecule has 0 aliphatic carbocycles. The number of rotatable bonds is 6.